The lowest BCUT2D eigenvalue weighted by Crippen LogP contribution is -2.22. The van der Waals surface area contributed by atoms with Crippen molar-refractivity contribution < 1.29 is 9.90 Å². The van der Waals surface area contributed by atoms with Gasteiger partial charge in [-0.1, -0.05) is 13.3 Å². The van der Waals surface area contributed by atoms with E-state index in [0.717, 1.165) is 31.3 Å². The minimum absolute atomic E-state index is 0.286. The van der Waals surface area contributed by atoms with E-state index in [1.807, 2.05) is 0 Å². The SMILES string of the molecule is CC1CCC(CNCCCC(=O)O)C1. The largest absolute Gasteiger partial charge is 0.481 e. The third-order valence-electron chi connectivity index (χ3n) is 2.98. The topological polar surface area (TPSA) is 49.3 Å². The van der Waals surface area contributed by atoms with Crippen molar-refractivity contribution in [3.05, 3.63) is 0 Å². The Kier molecular flexibility index (Phi) is 4.94. The van der Waals surface area contributed by atoms with Crippen molar-refractivity contribution in [3.8, 4) is 0 Å². The summed E-state index contributed by atoms with van der Waals surface area (Å²) < 4.78 is 0. The van der Waals surface area contributed by atoms with Gasteiger partial charge in [-0.3, -0.25) is 4.79 Å². The molecule has 3 nitrogen and oxygen atoms in total. The van der Waals surface area contributed by atoms with Crippen LogP contribution in [0.1, 0.15) is 39.0 Å². The van der Waals surface area contributed by atoms with Crippen LogP contribution in [0.3, 0.4) is 0 Å². The van der Waals surface area contributed by atoms with Crippen LogP contribution in [0.15, 0.2) is 0 Å². The molecule has 1 saturated carbocycles. The predicted octanol–water partition coefficient (Wildman–Crippen LogP) is 1.88. The van der Waals surface area contributed by atoms with Gasteiger partial charge in [-0.05, 0) is 44.2 Å². The lowest BCUT2D eigenvalue weighted by atomic mass is 10.1. The van der Waals surface area contributed by atoms with Crippen molar-refractivity contribution in [1.82, 2.24) is 5.32 Å². The van der Waals surface area contributed by atoms with E-state index in [-0.39, 0.29) is 6.42 Å². The molecule has 0 aromatic heterocycles. The fourth-order valence-electron chi connectivity index (χ4n) is 2.18. The van der Waals surface area contributed by atoms with Gasteiger partial charge in [-0.2, -0.15) is 0 Å². The number of aliphatic carboxylic acids is 1. The molecule has 1 aliphatic carbocycles. The van der Waals surface area contributed by atoms with Crippen LogP contribution in [0.4, 0.5) is 0 Å². The molecular formula is C11H21NO2. The molecule has 0 radical (unpaired) electrons. The number of rotatable bonds is 6. The first kappa shape index (κ1) is 11.5. The Morgan fingerprint density at radius 1 is 1.50 bits per heavy atom. The van der Waals surface area contributed by atoms with E-state index in [1.165, 1.54) is 19.3 Å². The van der Waals surface area contributed by atoms with Crippen molar-refractivity contribution >= 4 is 5.97 Å². The van der Waals surface area contributed by atoms with Gasteiger partial charge in [0.05, 0.1) is 0 Å². The van der Waals surface area contributed by atoms with Crippen molar-refractivity contribution in [1.29, 1.82) is 0 Å². The lowest BCUT2D eigenvalue weighted by Gasteiger charge is -2.10. The average molecular weight is 199 g/mol. The molecule has 2 unspecified atom stereocenters. The van der Waals surface area contributed by atoms with Gasteiger partial charge < -0.3 is 10.4 Å². The molecular weight excluding hydrogens is 178 g/mol. The molecule has 1 fully saturated rings. The first-order chi connectivity index (χ1) is 6.68. The van der Waals surface area contributed by atoms with Crippen LogP contribution in [0.5, 0.6) is 0 Å². The molecule has 0 aromatic rings. The van der Waals surface area contributed by atoms with Crippen LogP contribution in [0.2, 0.25) is 0 Å². The Balaban J connectivity index is 1.91. The zero-order chi connectivity index (χ0) is 10.4. The second kappa shape index (κ2) is 6.02. The van der Waals surface area contributed by atoms with Crippen molar-refractivity contribution in [2.75, 3.05) is 13.1 Å². The standard InChI is InChI=1S/C11H21NO2/c1-9-4-5-10(7-9)8-12-6-2-3-11(13)14/h9-10,12H,2-8H2,1H3,(H,13,14). The van der Waals surface area contributed by atoms with E-state index in [2.05, 4.69) is 12.2 Å². The van der Waals surface area contributed by atoms with E-state index in [1.54, 1.807) is 0 Å². The Bertz CT molecular complexity index is 182. The summed E-state index contributed by atoms with van der Waals surface area (Å²) in [6.45, 7) is 4.23. The number of hydrogen-bond donors (Lipinski definition) is 2. The molecule has 1 rings (SSSR count). The van der Waals surface area contributed by atoms with Crippen LogP contribution in [0, 0.1) is 11.8 Å². The van der Waals surface area contributed by atoms with Gasteiger partial charge in [0.25, 0.3) is 0 Å². The Morgan fingerprint density at radius 3 is 2.86 bits per heavy atom. The summed E-state index contributed by atoms with van der Waals surface area (Å²) >= 11 is 0. The molecule has 0 amide bonds. The van der Waals surface area contributed by atoms with Gasteiger partial charge in [-0.15, -0.1) is 0 Å². The fraction of sp³-hybridized carbons (Fsp3) is 0.909. The van der Waals surface area contributed by atoms with Gasteiger partial charge in [0.15, 0.2) is 0 Å². The molecule has 82 valence electrons. The highest BCUT2D eigenvalue weighted by Gasteiger charge is 2.20. The maximum absolute atomic E-state index is 10.2. The summed E-state index contributed by atoms with van der Waals surface area (Å²) in [6.07, 6.45) is 5.08. The van der Waals surface area contributed by atoms with Gasteiger partial charge >= 0.3 is 5.97 Å². The highest BCUT2D eigenvalue weighted by molar-refractivity contribution is 5.66. The van der Waals surface area contributed by atoms with Crippen LogP contribution in [0.25, 0.3) is 0 Å². The number of nitrogens with one attached hydrogen (secondary N) is 1. The van der Waals surface area contributed by atoms with Gasteiger partial charge in [-0.25, -0.2) is 0 Å². The first-order valence-corrected chi connectivity index (χ1v) is 5.61. The summed E-state index contributed by atoms with van der Waals surface area (Å²) in [7, 11) is 0. The Labute approximate surface area is 85.9 Å². The monoisotopic (exact) mass is 199 g/mol. The molecule has 0 saturated heterocycles. The molecule has 2 atom stereocenters. The van der Waals surface area contributed by atoms with Crippen LogP contribution in [-0.4, -0.2) is 24.2 Å². The molecule has 0 spiro atoms. The van der Waals surface area contributed by atoms with Gasteiger partial charge in [0, 0.05) is 6.42 Å². The summed E-state index contributed by atoms with van der Waals surface area (Å²) in [4.78, 5) is 10.2. The number of carboxylic acid groups (broad SMARTS) is 1. The van der Waals surface area contributed by atoms with E-state index >= 15 is 0 Å². The van der Waals surface area contributed by atoms with Crippen LogP contribution in [-0.2, 0) is 4.79 Å². The van der Waals surface area contributed by atoms with E-state index < -0.39 is 5.97 Å². The Morgan fingerprint density at radius 2 is 2.29 bits per heavy atom. The van der Waals surface area contributed by atoms with Crippen LogP contribution >= 0.6 is 0 Å². The quantitative estimate of drug-likeness (QED) is 0.642. The van der Waals surface area contributed by atoms with Gasteiger partial charge in [0.1, 0.15) is 0 Å². The second-order valence-corrected chi connectivity index (χ2v) is 4.49. The summed E-state index contributed by atoms with van der Waals surface area (Å²) in [5.41, 5.74) is 0. The molecule has 1 aliphatic rings. The molecule has 0 bridgehead atoms. The zero-order valence-electron chi connectivity index (χ0n) is 8.96. The predicted molar refractivity (Wildman–Crippen MR) is 56.2 cm³/mol. The molecule has 0 aliphatic heterocycles. The molecule has 14 heavy (non-hydrogen) atoms. The Hall–Kier alpha value is -0.570. The van der Waals surface area contributed by atoms with Crippen LogP contribution < -0.4 is 5.32 Å². The highest BCUT2D eigenvalue weighted by atomic mass is 16.4. The summed E-state index contributed by atoms with van der Waals surface area (Å²) in [5.74, 6) is 1.02. The molecule has 3 heteroatoms. The first-order valence-electron chi connectivity index (χ1n) is 5.61. The van der Waals surface area contributed by atoms with E-state index in [4.69, 9.17) is 5.11 Å². The van der Waals surface area contributed by atoms with Gasteiger partial charge in [0.2, 0.25) is 0 Å². The second-order valence-electron chi connectivity index (χ2n) is 4.49. The molecule has 2 N–H and O–H groups in total. The molecule has 0 aromatic carbocycles. The third-order valence-corrected chi connectivity index (χ3v) is 2.98. The maximum atomic E-state index is 10.2. The fourth-order valence-corrected chi connectivity index (χ4v) is 2.18. The van der Waals surface area contributed by atoms with E-state index in [9.17, 15) is 4.79 Å². The molecule has 0 heterocycles. The van der Waals surface area contributed by atoms with Crippen molar-refractivity contribution in [2.45, 2.75) is 39.0 Å². The summed E-state index contributed by atoms with van der Waals surface area (Å²) in [6, 6.07) is 0. The normalized spacial score (nSPS) is 26.6. The maximum Gasteiger partial charge on any atom is 0.303 e. The van der Waals surface area contributed by atoms with Crippen molar-refractivity contribution in [3.63, 3.8) is 0 Å². The smallest absolute Gasteiger partial charge is 0.303 e. The number of carbonyl (C=O) groups is 1. The lowest BCUT2D eigenvalue weighted by molar-refractivity contribution is -0.137. The highest BCUT2D eigenvalue weighted by Crippen LogP contribution is 2.29. The zero-order valence-corrected chi connectivity index (χ0v) is 8.96. The number of carboxylic acids is 1. The van der Waals surface area contributed by atoms with Crippen molar-refractivity contribution in [2.24, 2.45) is 11.8 Å². The van der Waals surface area contributed by atoms with E-state index in [0.29, 0.717) is 0 Å². The minimum Gasteiger partial charge on any atom is -0.481 e. The number of hydrogen-bond acceptors (Lipinski definition) is 2. The average Bonchev–Trinajstić information content (AvgIpc) is 2.50. The third kappa shape index (κ3) is 4.61. The summed E-state index contributed by atoms with van der Waals surface area (Å²) in [5, 5.41) is 11.8. The minimum atomic E-state index is -0.693.